The van der Waals surface area contributed by atoms with E-state index in [4.69, 9.17) is 0 Å². The summed E-state index contributed by atoms with van der Waals surface area (Å²) < 4.78 is 0. The van der Waals surface area contributed by atoms with Gasteiger partial charge < -0.3 is 5.32 Å². The SMILES string of the molecule is CCNC(CC)C(C)C12CC3CC(CC(C3)C1)C2. The Morgan fingerprint density at radius 1 is 1.00 bits per heavy atom. The maximum atomic E-state index is 3.76. The predicted octanol–water partition coefficient (Wildman–Crippen LogP) is 4.23. The summed E-state index contributed by atoms with van der Waals surface area (Å²) in [6, 6.07) is 0.756. The van der Waals surface area contributed by atoms with Gasteiger partial charge in [0.15, 0.2) is 0 Å². The zero-order valence-corrected chi connectivity index (χ0v) is 12.5. The Morgan fingerprint density at radius 2 is 1.50 bits per heavy atom. The Hall–Kier alpha value is -0.0400. The summed E-state index contributed by atoms with van der Waals surface area (Å²) >= 11 is 0. The zero-order valence-electron chi connectivity index (χ0n) is 12.5. The number of nitrogens with one attached hydrogen (secondary N) is 1. The van der Waals surface area contributed by atoms with Gasteiger partial charge in [-0.05, 0) is 80.6 Å². The molecule has 4 rings (SSSR count). The van der Waals surface area contributed by atoms with Gasteiger partial charge in [0.05, 0.1) is 0 Å². The van der Waals surface area contributed by atoms with E-state index in [2.05, 4.69) is 26.1 Å². The second-order valence-corrected chi connectivity index (χ2v) is 7.64. The molecule has 2 atom stereocenters. The number of hydrogen-bond acceptors (Lipinski definition) is 1. The third-order valence-electron chi connectivity index (χ3n) is 6.56. The first-order valence-electron chi connectivity index (χ1n) is 8.40. The monoisotopic (exact) mass is 249 g/mol. The minimum Gasteiger partial charge on any atom is -0.314 e. The molecule has 4 bridgehead atoms. The maximum Gasteiger partial charge on any atom is 0.00952 e. The fourth-order valence-corrected chi connectivity index (χ4v) is 6.10. The second kappa shape index (κ2) is 4.81. The molecule has 4 saturated carbocycles. The normalized spacial score (nSPS) is 45.2. The van der Waals surface area contributed by atoms with Crippen molar-refractivity contribution >= 4 is 0 Å². The second-order valence-electron chi connectivity index (χ2n) is 7.64. The van der Waals surface area contributed by atoms with Crippen LogP contribution in [0.2, 0.25) is 0 Å². The molecule has 18 heavy (non-hydrogen) atoms. The molecule has 0 radical (unpaired) electrons. The van der Waals surface area contributed by atoms with E-state index in [1.807, 2.05) is 0 Å². The van der Waals surface area contributed by atoms with Gasteiger partial charge in [-0.2, -0.15) is 0 Å². The molecule has 0 spiro atoms. The summed E-state index contributed by atoms with van der Waals surface area (Å²) in [5.41, 5.74) is 0.720. The van der Waals surface area contributed by atoms with E-state index in [0.29, 0.717) is 0 Å². The molecule has 0 saturated heterocycles. The van der Waals surface area contributed by atoms with E-state index in [1.54, 1.807) is 38.5 Å². The summed E-state index contributed by atoms with van der Waals surface area (Å²) in [6.07, 6.45) is 10.7. The Balaban J connectivity index is 1.77. The standard InChI is InChI=1S/C17H31N/c1-4-16(18-5-2)12(3)17-9-13-6-14(10-17)8-15(7-13)11-17/h12-16,18H,4-11H2,1-3H3. The van der Waals surface area contributed by atoms with Gasteiger partial charge in [-0.3, -0.25) is 0 Å². The van der Waals surface area contributed by atoms with Crippen LogP contribution in [0.1, 0.15) is 65.7 Å². The van der Waals surface area contributed by atoms with Gasteiger partial charge in [-0.25, -0.2) is 0 Å². The first kappa shape index (κ1) is 13.0. The van der Waals surface area contributed by atoms with Crippen LogP contribution in [0.3, 0.4) is 0 Å². The van der Waals surface area contributed by atoms with Gasteiger partial charge >= 0.3 is 0 Å². The van der Waals surface area contributed by atoms with E-state index in [1.165, 1.54) is 6.42 Å². The van der Waals surface area contributed by atoms with Crippen LogP contribution in [-0.4, -0.2) is 12.6 Å². The van der Waals surface area contributed by atoms with Crippen LogP contribution >= 0.6 is 0 Å². The Labute approximate surface area is 113 Å². The highest BCUT2D eigenvalue weighted by Gasteiger charge is 2.53. The largest absolute Gasteiger partial charge is 0.314 e. The van der Waals surface area contributed by atoms with Crippen molar-refractivity contribution < 1.29 is 0 Å². The van der Waals surface area contributed by atoms with Gasteiger partial charge in [0.25, 0.3) is 0 Å². The molecule has 2 unspecified atom stereocenters. The van der Waals surface area contributed by atoms with E-state index < -0.39 is 0 Å². The first-order chi connectivity index (χ1) is 8.66. The summed E-state index contributed by atoms with van der Waals surface area (Å²) in [5, 5.41) is 3.76. The lowest BCUT2D eigenvalue weighted by Crippen LogP contribution is -2.53. The highest BCUT2D eigenvalue weighted by Crippen LogP contribution is 2.63. The third-order valence-corrected chi connectivity index (χ3v) is 6.56. The molecule has 0 aromatic rings. The summed E-state index contributed by atoms with van der Waals surface area (Å²) in [4.78, 5) is 0. The van der Waals surface area contributed by atoms with Crippen molar-refractivity contribution in [1.82, 2.24) is 5.32 Å². The van der Waals surface area contributed by atoms with E-state index in [0.717, 1.165) is 41.7 Å². The molecule has 0 amide bonds. The minimum absolute atomic E-state index is 0.720. The molecule has 0 aromatic carbocycles. The van der Waals surface area contributed by atoms with Gasteiger partial charge in [0.1, 0.15) is 0 Å². The molecule has 4 aliphatic carbocycles. The van der Waals surface area contributed by atoms with Crippen LogP contribution in [0.4, 0.5) is 0 Å². The van der Waals surface area contributed by atoms with Gasteiger partial charge in [0, 0.05) is 6.04 Å². The molecule has 0 aromatic heterocycles. The van der Waals surface area contributed by atoms with Crippen molar-refractivity contribution in [3.8, 4) is 0 Å². The van der Waals surface area contributed by atoms with E-state index >= 15 is 0 Å². The zero-order chi connectivity index (χ0) is 12.8. The van der Waals surface area contributed by atoms with Crippen LogP contribution < -0.4 is 5.32 Å². The van der Waals surface area contributed by atoms with Crippen molar-refractivity contribution in [2.24, 2.45) is 29.1 Å². The fourth-order valence-electron chi connectivity index (χ4n) is 6.10. The van der Waals surface area contributed by atoms with Gasteiger partial charge in [-0.1, -0.05) is 20.8 Å². The Morgan fingerprint density at radius 3 is 1.89 bits per heavy atom. The highest BCUT2D eigenvalue weighted by molar-refractivity contribution is 5.04. The molecule has 1 heteroatoms. The molecule has 4 fully saturated rings. The molecule has 104 valence electrons. The maximum absolute atomic E-state index is 3.76. The lowest BCUT2D eigenvalue weighted by molar-refractivity contribution is -0.0910. The highest BCUT2D eigenvalue weighted by atomic mass is 14.9. The lowest BCUT2D eigenvalue weighted by atomic mass is 9.46. The minimum atomic E-state index is 0.720. The van der Waals surface area contributed by atoms with Crippen molar-refractivity contribution in [1.29, 1.82) is 0 Å². The lowest BCUT2D eigenvalue weighted by Gasteiger charge is -2.60. The molecule has 1 N–H and O–H groups in total. The molecular formula is C17H31N. The first-order valence-corrected chi connectivity index (χ1v) is 8.40. The number of rotatable bonds is 5. The van der Waals surface area contributed by atoms with Crippen LogP contribution in [0.5, 0.6) is 0 Å². The van der Waals surface area contributed by atoms with Crippen molar-refractivity contribution in [2.45, 2.75) is 71.8 Å². The quantitative estimate of drug-likeness (QED) is 0.769. The molecule has 0 aliphatic heterocycles. The van der Waals surface area contributed by atoms with Crippen molar-refractivity contribution in [2.75, 3.05) is 6.54 Å². The summed E-state index contributed by atoms with van der Waals surface area (Å²) in [7, 11) is 0. The summed E-state index contributed by atoms with van der Waals surface area (Å²) in [6.45, 7) is 8.32. The Bertz CT molecular complexity index is 261. The van der Waals surface area contributed by atoms with Gasteiger partial charge in [0.2, 0.25) is 0 Å². The molecule has 0 heterocycles. The average molecular weight is 249 g/mol. The fraction of sp³-hybridized carbons (Fsp3) is 1.00. The topological polar surface area (TPSA) is 12.0 Å². The molecular weight excluding hydrogens is 218 g/mol. The van der Waals surface area contributed by atoms with Crippen LogP contribution in [0.15, 0.2) is 0 Å². The molecule has 1 nitrogen and oxygen atoms in total. The smallest absolute Gasteiger partial charge is 0.00952 e. The number of hydrogen-bond donors (Lipinski definition) is 1. The molecule has 4 aliphatic rings. The van der Waals surface area contributed by atoms with Gasteiger partial charge in [-0.15, -0.1) is 0 Å². The average Bonchev–Trinajstić information content (AvgIpc) is 2.33. The van der Waals surface area contributed by atoms with Crippen LogP contribution in [-0.2, 0) is 0 Å². The summed E-state index contributed by atoms with van der Waals surface area (Å²) in [5.74, 6) is 4.17. The van der Waals surface area contributed by atoms with Crippen molar-refractivity contribution in [3.05, 3.63) is 0 Å². The van der Waals surface area contributed by atoms with E-state index in [9.17, 15) is 0 Å². The van der Waals surface area contributed by atoms with Crippen LogP contribution in [0.25, 0.3) is 0 Å². The van der Waals surface area contributed by atoms with Crippen molar-refractivity contribution in [3.63, 3.8) is 0 Å². The third kappa shape index (κ3) is 2.03. The Kier molecular flexibility index (Phi) is 3.47. The van der Waals surface area contributed by atoms with E-state index in [-0.39, 0.29) is 0 Å². The predicted molar refractivity (Wildman–Crippen MR) is 77.5 cm³/mol. The van der Waals surface area contributed by atoms with Crippen LogP contribution in [0, 0.1) is 29.1 Å².